The molecule has 0 unspecified atom stereocenters. The van der Waals surface area contributed by atoms with Gasteiger partial charge in [-0.15, -0.1) is 0 Å². The summed E-state index contributed by atoms with van der Waals surface area (Å²) < 4.78 is 31.6. The van der Waals surface area contributed by atoms with Crippen LogP contribution >= 0.6 is 0 Å². The summed E-state index contributed by atoms with van der Waals surface area (Å²) >= 11 is 0. The van der Waals surface area contributed by atoms with Crippen LogP contribution in [-0.2, 0) is 5.92 Å². The zero-order chi connectivity index (χ0) is 13.1. The van der Waals surface area contributed by atoms with Gasteiger partial charge in [0.15, 0.2) is 0 Å². The topological polar surface area (TPSA) is 46.0 Å². The first-order valence-corrected chi connectivity index (χ1v) is 5.43. The van der Waals surface area contributed by atoms with Gasteiger partial charge >= 0.3 is 0 Å². The molecule has 1 N–H and O–H groups in total. The van der Waals surface area contributed by atoms with Crippen molar-refractivity contribution in [2.24, 2.45) is 0 Å². The highest BCUT2D eigenvalue weighted by molar-refractivity contribution is 5.98. The maximum Gasteiger partial charge on any atom is 0.286 e. The predicted octanol–water partition coefficient (Wildman–Crippen LogP) is 3.37. The van der Waals surface area contributed by atoms with Gasteiger partial charge in [-0.1, -0.05) is 6.92 Å². The van der Waals surface area contributed by atoms with E-state index in [-0.39, 0.29) is 11.4 Å². The third-order valence-corrected chi connectivity index (χ3v) is 2.18. The number of alkyl halides is 2. The van der Waals surface area contributed by atoms with Crippen molar-refractivity contribution in [2.45, 2.75) is 33.1 Å². The molecule has 0 aliphatic rings. The van der Waals surface area contributed by atoms with Gasteiger partial charge in [0.25, 0.3) is 5.92 Å². The fraction of sp³-hybridized carbons (Fsp3) is 0.500. The molecule has 0 spiro atoms. The van der Waals surface area contributed by atoms with Crippen molar-refractivity contribution in [3.05, 3.63) is 23.5 Å². The molecule has 0 atom stereocenters. The lowest BCUT2D eigenvalue weighted by Gasteiger charge is -2.14. The monoisotopic (exact) mass is 242 g/mol. The van der Waals surface area contributed by atoms with E-state index in [0.717, 1.165) is 13.3 Å². The molecule has 1 heterocycles. The van der Waals surface area contributed by atoms with Crippen molar-refractivity contribution in [3.8, 4) is 5.75 Å². The van der Waals surface area contributed by atoms with Crippen LogP contribution in [0.2, 0.25) is 0 Å². The average molecular weight is 242 g/mol. The molecule has 1 aromatic heterocycles. The van der Waals surface area contributed by atoms with Crippen molar-refractivity contribution in [3.63, 3.8) is 0 Å². The second kappa shape index (κ2) is 5.21. The van der Waals surface area contributed by atoms with Crippen LogP contribution in [0.15, 0.2) is 12.3 Å². The highest BCUT2D eigenvalue weighted by atomic mass is 19.3. The minimum Gasteiger partial charge on any atom is -0.491 e. The van der Waals surface area contributed by atoms with Gasteiger partial charge in [-0.25, -0.2) is 0 Å². The molecule has 1 aromatic rings. The molecular formula is C12H16F2N2O. The first-order valence-electron chi connectivity index (χ1n) is 5.43. The number of nitrogens with zero attached hydrogens (tertiary/aromatic N) is 1. The van der Waals surface area contributed by atoms with E-state index in [4.69, 9.17) is 10.1 Å². The fourth-order valence-electron chi connectivity index (χ4n) is 1.30. The Hall–Kier alpha value is -1.52. The minimum absolute atomic E-state index is 0.184. The van der Waals surface area contributed by atoms with E-state index in [1.165, 1.54) is 19.2 Å². The van der Waals surface area contributed by atoms with E-state index < -0.39 is 5.92 Å². The number of nitrogens with one attached hydrogen (secondary N) is 1. The molecule has 17 heavy (non-hydrogen) atoms. The molecule has 0 aliphatic heterocycles. The van der Waals surface area contributed by atoms with Crippen LogP contribution in [0.4, 0.5) is 8.78 Å². The molecule has 0 bridgehead atoms. The van der Waals surface area contributed by atoms with Gasteiger partial charge in [0.1, 0.15) is 11.4 Å². The zero-order valence-corrected chi connectivity index (χ0v) is 10.2. The number of ether oxygens (including phenoxy) is 1. The van der Waals surface area contributed by atoms with Gasteiger partial charge in [0.2, 0.25) is 0 Å². The predicted molar refractivity (Wildman–Crippen MR) is 62.1 cm³/mol. The molecule has 0 fully saturated rings. The zero-order valence-electron chi connectivity index (χ0n) is 10.2. The first kappa shape index (κ1) is 13.5. The number of hydrogen-bond donors (Lipinski definition) is 1. The highest BCUT2D eigenvalue weighted by Crippen LogP contribution is 2.29. The lowest BCUT2D eigenvalue weighted by Crippen LogP contribution is -2.12. The average Bonchev–Trinajstić information content (AvgIpc) is 2.24. The van der Waals surface area contributed by atoms with Crippen LogP contribution in [0, 0.1) is 5.41 Å². The summed E-state index contributed by atoms with van der Waals surface area (Å²) in [5.74, 6) is -2.62. The molecule has 0 aromatic carbocycles. The van der Waals surface area contributed by atoms with Crippen LogP contribution in [0.25, 0.3) is 0 Å². The lowest BCUT2D eigenvalue weighted by molar-refractivity contribution is 0.0126. The van der Waals surface area contributed by atoms with Crippen LogP contribution in [0.1, 0.15) is 38.4 Å². The van der Waals surface area contributed by atoms with Crippen molar-refractivity contribution < 1.29 is 13.5 Å². The Bertz CT molecular complexity index is 413. The number of halogens is 2. The Balaban J connectivity index is 3.13. The van der Waals surface area contributed by atoms with E-state index in [1.54, 1.807) is 0 Å². The quantitative estimate of drug-likeness (QED) is 0.804. The smallest absolute Gasteiger partial charge is 0.286 e. The molecule has 5 heteroatoms. The number of rotatable bonds is 5. The van der Waals surface area contributed by atoms with Crippen LogP contribution in [-0.4, -0.2) is 17.3 Å². The summed E-state index contributed by atoms with van der Waals surface area (Å²) in [4.78, 5) is 3.67. The van der Waals surface area contributed by atoms with Gasteiger partial charge in [-0.3, -0.25) is 4.98 Å². The van der Waals surface area contributed by atoms with E-state index >= 15 is 0 Å². The molecule has 3 nitrogen and oxygen atoms in total. The maximum absolute atomic E-state index is 13.1. The normalized spacial score (nSPS) is 11.4. The highest BCUT2D eigenvalue weighted by Gasteiger charge is 2.27. The van der Waals surface area contributed by atoms with Gasteiger partial charge in [0.05, 0.1) is 12.8 Å². The molecular weight excluding hydrogens is 226 g/mol. The molecule has 0 saturated heterocycles. The Morgan fingerprint density at radius 1 is 1.53 bits per heavy atom. The standard InChI is InChI=1S/C12H16F2N2O/c1-4-5-17-10-7-16-11(12(3,13)14)6-9(10)8(2)15/h6-7,15H,4-5H2,1-3H3. The molecule has 0 aliphatic carbocycles. The molecule has 1 rings (SSSR count). The Morgan fingerprint density at radius 2 is 2.18 bits per heavy atom. The van der Waals surface area contributed by atoms with E-state index in [2.05, 4.69) is 4.98 Å². The number of aromatic nitrogens is 1. The summed E-state index contributed by atoms with van der Waals surface area (Å²) in [7, 11) is 0. The SMILES string of the molecule is CCCOc1cnc(C(C)(F)F)cc1C(C)=N. The largest absolute Gasteiger partial charge is 0.491 e. The van der Waals surface area contributed by atoms with Crippen molar-refractivity contribution in [1.82, 2.24) is 4.98 Å². The fourth-order valence-corrected chi connectivity index (χ4v) is 1.30. The summed E-state index contributed by atoms with van der Waals surface area (Å²) in [6.45, 7) is 4.74. The second-order valence-electron chi connectivity index (χ2n) is 3.93. The molecule has 94 valence electrons. The second-order valence-corrected chi connectivity index (χ2v) is 3.93. The Labute approximate surface area is 99.3 Å². The van der Waals surface area contributed by atoms with Crippen LogP contribution < -0.4 is 4.74 Å². The summed E-state index contributed by atoms with van der Waals surface area (Å²) in [5, 5.41) is 7.56. The third-order valence-electron chi connectivity index (χ3n) is 2.18. The minimum atomic E-state index is -3.01. The molecule has 0 saturated carbocycles. The Kier molecular flexibility index (Phi) is 4.15. The van der Waals surface area contributed by atoms with Crippen LogP contribution in [0.5, 0.6) is 5.75 Å². The number of hydrogen-bond acceptors (Lipinski definition) is 3. The summed E-state index contributed by atoms with van der Waals surface area (Å²) in [5.41, 5.74) is 0.205. The summed E-state index contributed by atoms with van der Waals surface area (Å²) in [6, 6.07) is 1.22. The van der Waals surface area contributed by atoms with Crippen molar-refractivity contribution >= 4 is 5.71 Å². The summed E-state index contributed by atoms with van der Waals surface area (Å²) in [6.07, 6.45) is 2.07. The first-order chi connectivity index (χ1) is 7.86. The van der Waals surface area contributed by atoms with Gasteiger partial charge in [0, 0.05) is 18.2 Å². The Morgan fingerprint density at radius 3 is 2.65 bits per heavy atom. The maximum atomic E-state index is 13.1. The third kappa shape index (κ3) is 3.47. The van der Waals surface area contributed by atoms with E-state index in [1.807, 2.05) is 6.92 Å². The lowest BCUT2D eigenvalue weighted by atomic mass is 10.1. The molecule has 0 radical (unpaired) electrons. The van der Waals surface area contributed by atoms with Gasteiger partial charge < -0.3 is 10.1 Å². The van der Waals surface area contributed by atoms with E-state index in [0.29, 0.717) is 17.9 Å². The van der Waals surface area contributed by atoms with Gasteiger partial charge in [-0.2, -0.15) is 8.78 Å². The number of pyridine rings is 1. The van der Waals surface area contributed by atoms with E-state index in [9.17, 15) is 8.78 Å². The van der Waals surface area contributed by atoms with Crippen LogP contribution in [0.3, 0.4) is 0 Å². The van der Waals surface area contributed by atoms with Gasteiger partial charge in [-0.05, 0) is 19.4 Å². The van der Waals surface area contributed by atoms with Crippen molar-refractivity contribution in [1.29, 1.82) is 5.41 Å². The van der Waals surface area contributed by atoms with Crippen molar-refractivity contribution in [2.75, 3.05) is 6.61 Å². The molecule has 0 amide bonds.